The molecule has 2 aromatic heterocycles. The predicted octanol–water partition coefficient (Wildman–Crippen LogP) is 0.747. The second-order valence-electron chi connectivity index (χ2n) is 4.94. The quantitative estimate of drug-likeness (QED) is 0.864. The number of hydrogen-bond acceptors (Lipinski definition) is 4. The summed E-state index contributed by atoms with van der Waals surface area (Å²) >= 11 is 0. The average Bonchev–Trinajstić information content (AvgIpc) is 3.11. The van der Waals surface area contributed by atoms with Crippen molar-refractivity contribution >= 4 is 5.91 Å². The smallest absolute Gasteiger partial charge is 0.255 e. The predicted molar refractivity (Wildman–Crippen MR) is 74.7 cm³/mol. The first-order valence-corrected chi connectivity index (χ1v) is 6.75. The lowest BCUT2D eigenvalue weighted by Gasteiger charge is -2.17. The zero-order valence-electron chi connectivity index (χ0n) is 11.3. The van der Waals surface area contributed by atoms with Crippen LogP contribution in [0.5, 0.6) is 0 Å². The minimum absolute atomic E-state index is 0.107. The maximum Gasteiger partial charge on any atom is 0.255 e. The Morgan fingerprint density at radius 3 is 3.05 bits per heavy atom. The number of pyridine rings is 1. The molecule has 6 nitrogen and oxygen atoms in total. The molecule has 0 unspecified atom stereocenters. The fourth-order valence-electron chi connectivity index (χ4n) is 2.45. The SMILES string of the molecule is C[C@H]1NCC[C@@H]1NC(=O)c1cccnc1-n1cccn1. The van der Waals surface area contributed by atoms with Crippen LogP contribution in [0, 0.1) is 0 Å². The summed E-state index contributed by atoms with van der Waals surface area (Å²) in [7, 11) is 0. The molecule has 0 aliphatic carbocycles. The van der Waals surface area contributed by atoms with Crippen molar-refractivity contribution in [3.63, 3.8) is 0 Å². The summed E-state index contributed by atoms with van der Waals surface area (Å²) in [5, 5.41) is 10.5. The van der Waals surface area contributed by atoms with Gasteiger partial charge in [-0.25, -0.2) is 9.67 Å². The topological polar surface area (TPSA) is 71.8 Å². The number of aromatic nitrogens is 3. The van der Waals surface area contributed by atoms with Gasteiger partial charge in [0.2, 0.25) is 0 Å². The molecule has 0 spiro atoms. The van der Waals surface area contributed by atoms with E-state index in [0.29, 0.717) is 17.4 Å². The number of nitrogens with zero attached hydrogens (tertiary/aromatic N) is 3. The lowest BCUT2D eigenvalue weighted by Crippen LogP contribution is -2.42. The molecule has 6 heteroatoms. The van der Waals surface area contributed by atoms with Gasteiger partial charge in [0.05, 0.1) is 5.56 Å². The molecule has 1 fully saturated rings. The minimum atomic E-state index is -0.107. The molecule has 1 saturated heterocycles. The van der Waals surface area contributed by atoms with E-state index in [1.165, 1.54) is 0 Å². The number of carbonyl (C=O) groups is 1. The zero-order chi connectivity index (χ0) is 13.9. The number of carbonyl (C=O) groups excluding carboxylic acids is 1. The molecule has 1 aliphatic rings. The first-order valence-electron chi connectivity index (χ1n) is 6.75. The van der Waals surface area contributed by atoms with Crippen LogP contribution in [0.15, 0.2) is 36.8 Å². The molecule has 0 aromatic carbocycles. The molecular weight excluding hydrogens is 254 g/mol. The zero-order valence-corrected chi connectivity index (χ0v) is 11.3. The summed E-state index contributed by atoms with van der Waals surface area (Å²) in [5.74, 6) is 0.442. The molecule has 3 heterocycles. The lowest BCUT2D eigenvalue weighted by molar-refractivity contribution is 0.0934. The minimum Gasteiger partial charge on any atom is -0.348 e. The van der Waals surface area contributed by atoms with E-state index in [0.717, 1.165) is 13.0 Å². The lowest BCUT2D eigenvalue weighted by atomic mass is 10.1. The first-order chi connectivity index (χ1) is 9.75. The van der Waals surface area contributed by atoms with Gasteiger partial charge in [0, 0.05) is 30.7 Å². The van der Waals surface area contributed by atoms with Crippen LogP contribution < -0.4 is 10.6 Å². The van der Waals surface area contributed by atoms with Gasteiger partial charge in [-0.1, -0.05) is 0 Å². The van der Waals surface area contributed by atoms with Gasteiger partial charge >= 0.3 is 0 Å². The van der Waals surface area contributed by atoms with Crippen molar-refractivity contribution < 1.29 is 4.79 Å². The van der Waals surface area contributed by atoms with Gasteiger partial charge < -0.3 is 10.6 Å². The maximum absolute atomic E-state index is 12.4. The second-order valence-corrected chi connectivity index (χ2v) is 4.94. The Kier molecular flexibility index (Phi) is 3.47. The van der Waals surface area contributed by atoms with Gasteiger partial charge in [-0.15, -0.1) is 0 Å². The van der Waals surface area contributed by atoms with E-state index in [2.05, 4.69) is 27.6 Å². The second kappa shape index (κ2) is 5.42. The summed E-state index contributed by atoms with van der Waals surface area (Å²) in [4.78, 5) is 16.7. The highest BCUT2D eigenvalue weighted by molar-refractivity contribution is 5.97. The van der Waals surface area contributed by atoms with E-state index < -0.39 is 0 Å². The monoisotopic (exact) mass is 271 g/mol. The molecule has 2 atom stereocenters. The van der Waals surface area contributed by atoms with Crippen LogP contribution in [0.3, 0.4) is 0 Å². The van der Waals surface area contributed by atoms with Crippen molar-refractivity contribution in [3.05, 3.63) is 42.4 Å². The van der Waals surface area contributed by atoms with Crippen LogP contribution >= 0.6 is 0 Å². The summed E-state index contributed by atoms with van der Waals surface area (Å²) in [6, 6.07) is 5.79. The van der Waals surface area contributed by atoms with Crippen molar-refractivity contribution in [3.8, 4) is 5.82 Å². The van der Waals surface area contributed by atoms with Crippen LogP contribution in [0.1, 0.15) is 23.7 Å². The molecule has 0 bridgehead atoms. The van der Waals surface area contributed by atoms with E-state index in [1.54, 1.807) is 41.5 Å². The summed E-state index contributed by atoms with van der Waals surface area (Å²) < 4.78 is 1.60. The van der Waals surface area contributed by atoms with Crippen LogP contribution in [-0.2, 0) is 0 Å². The highest BCUT2D eigenvalue weighted by atomic mass is 16.1. The summed E-state index contributed by atoms with van der Waals surface area (Å²) in [6.45, 7) is 3.01. The summed E-state index contributed by atoms with van der Waals surface area (Å²) in [5.41, 5.74) is 0.537. The Bertz CT molecular complexity index is 595. The van der Waals surface area contributed by atoms with Crippen LogP contribution in [-0.4, -0.2) is 39.3 Å². The van der Waals surface area contributed by atoms with Crippen molar-refractivity contribution in [2.24, 2.45) is 0 Å². The molecular formula is C14H17N5O. The molecule has 1 aliphatic heterocycles. The van der Waals surface area contributed by atoms with E-state index in [9.17, 15) is 4.79 Å². The summed E-state index contributed by atoms with van der Waals surface area (Å²) in [6.07, 6.45) is 6.05. The highest BCUT2D eigenvalue weighted by Crippen LogP contribution is 2.12. The Morgan fingerprint density at radius 2 is 2.35 bits per heavy atom. The van der Waals surface area contributed by atoms with Gasteiger partial charge in [0.25, 0.3) is 5.91 Å². The van der Waals surface area contributed by atoms with Gasteiger partial charge in [0.1, 0.15) is 0 Å². The molecule has 1 amide bonds. The number of hydrogen-bond donors (Lipinski definition) is 2. The number of amides is 1. The Balaban J connectivity index is 1.85. The van der Waals surface area contributed by atoms with Gasteiger partial charge in [-0.2, -0.15) is 5.10 Å². The molecule has 0 saturated carbocycles. The Morgan fingerprint density at radius 1 is 1.45 bits per heavy atom. The van der Waals surface area contributed by atoms with E-state index in [-0.39, 0.29) is 11.9 Å². The molecule has 2 N–H and O–H groups in total. The van der Waals surface area contributed by atoms with Crippen LogP contribution in [0.2, 0.25) is 0 Å². The third-order valence-corrected chi connectivity index (χ3v) is 3.59. The molecule has 3 rings (SSSR count). The number of nitrogens with one attached hydrogen (secondary N) is 2. The van der Waals surface area contributed by atoms with E-state index >= 15 is 0 Å². The Hall–Kier alpha value is -2.21. The standard InChI is InChI=1S/C14H17N5O/c1-10-12(5-8-15-10)18-14(20)11-4-2-6-16-13(11)19-9-3-7-17-19/h2-4,6-7,9-10,12,15H,5,8H2,1H3,(H,18,20)/t10-,12+/m1/s1. The average molecular weight is 271 g/mol. The molecule has 0 radical (unpaired) electrons. The van der Waals surface area contributed by atoms with E-state index in [1.807, 2.05) is 0 Å². The normalized spacial score (nSPS) is 21.9. The van der Waals surface area contributed by atoms with E-state index in [4.69, 9.17) is 0 Å². The van der Waals surface area contributed by atoms with Gasteiger partial charge in [-0.05, 0) is 38.1 Å². The third-order valence-electron chi connectivity index (χ3n) is 3.59. The third kappa shape index (κ3) is 2.42. The Labute approximate surface area is 117 Å². The molecule has 2 aromatic rings. The van der Waals surface area contributed by atoms with Crippen molar-refractivity contribution in [1.29, 1.82) is 0 Å². The molecule has 20 heavy (non-hydrogen) atoms. The van der Waals surface area contributed by atoms with Crippen LogP contribution in [0.25, 0.3) is 5.82 Å². The van der Waals surface area contributed by atoms with Gasteiger partial charge in [-0.3, -0.25) is 4.79 Å². The fourth-order valence-corrected chi connectivity index (χ4v) is 2.45. The fraction of sp³-hybridized carbons (Fsp3) is 0.357. The van der Waals surface area contributed by atoms with Crippen molar-refractivity contribution in [2.45, 2.75) is 25.4 Å². The highest BCUT2D eigenvalue weighted by Gasteiger charge is 2.25. The van der Waals surface area contributed by atoms with Crippen LogP contribution in [0.4, 0.5) is 0 Å². The van der Waals surface area contributed by atoms with Crippen molar-refractivity contribution in [2.75, 3.05) is 6.54 Å². The first kappa shape index (κ1) is 12.8. The van der Waals surface area contributed by atoms with Gasteiger partial charge in [0.15, 0.2) is 5.82 Å². The molecule has 104 valence electrons. The maximum atomic E-state index is 12.4. The largest absolute Gasteiger partial charge is 0.348 e. The number of rotatable bonds is 3. The van der Waals surface area contributed by atoms with Crippen molar-refractivity contribution in [1.82, 2.24) is 25.4 Å².